The smallest absolute Gasteiger partial charge is 0.260 e. The van der Waals surface area contributed by atoms with Gasteiger partial charge in [-0.3, -0.25) is 9.59 Å². The summed E-state index contributed by atoms with van der Waals surface area (Å²) in [5.41, 5.74) is 0.205. The molecule has 2 N–H and O–H groups in total. The first-order chi connectivity index (χ1) is 9.88. The number of aryl methyl sites for hydroxylation is 1. The molecule has 1 atom stereocenters. The van der Waals surface area contributed by atoms with Crippen molar-refractivity contribution in [1.82, 2.24) is 10.3 Å². The van der Waals surface area contributed by atoms with Gasteiger partial charge in [0.25, 0.3) is 11.5 Å². The molecule has 4 nitrogen and oxygen atoms in total. The number of rotatable bonds is 3. The molecule has 0 aliphatic carbocycles. The molecule has 0 saturated carbocycles. The summed E-state index contributed by atoms with van der Waals surface area (Å²) in [6, 6.07) is 5.42. The van der Waals surface area contributed by atoms with Gasteiger partial charge in [-0.1, -0.05) is 6.07 Å². The molecule has 21 heavy (non-hydrogen) atoms. The quantitative estimate of drug-likeness (QED) is 0.912. The van der Waals surface area contributed by atoms with E-state index in [1.165, 1.54) is 12.1 Å². The second-order valence-corrected chi connectivity index (χ2v) is 4.75. The predicted molar refractivity (Wildman–Crippen MR) is 74.0 cm³/mol. The fourth-order valence-electron chi connectivity index (χ4n) is 1.96. The van der Waals surface area contributed by atoms with Gasteiger partial charge in [-0.25, -0.2) is 8.78 Å². The number of carbonyl (C=O) groups is 1. The molecular formula is C15H14F2N2O2. The number of halogens is 2. The van der Waals surface area contributed by atoms with E-state index < -0.39 is 29.1 Å². The van der Waals surface area contributed by atoms with Gasteiger partial charge in [-0.05, 0) is 32.0 Å². The average Bonchev–Trinajstić information content (AvgIpc) is 2.37. The number of pyridine rings is 1. The van der Waals surface area contributed by atoms with E-state index in [0.29, 0.717) is 5.69 Å². The Kier molecular flexibility index (Phi) is 4.16. The average molecular weight is 292 g/mol. The fourth-order valence-corrected chi connectivity index (χ4v) is 1.96. The highest BCUT2D eigenvalue weighted by molar-refractivity contribution is 5.94. The summed E-state index contributed by atoms with van der Waals surface area (Å²) in [6.45, 7) is 3.25. The number of aromatic nitrogens is 1. The molecule has 110 valence electrons. The first kappa shape index (κ1) is 14.9. The van der Waals surface area contributed by atoms with Crippen molar-refractivity contribution < 1.29 is 13.6 Å². The van der Waals surface area contributed by atoms with Gasteiger partial charge in [0.15, 0.2) is 0 Å². The number of aromatic amines is 1. The van der Waals surface area contributed by atoms with Crippen LogP contribution in [0.5, 0.6) is 0 Å². The van der Waals surface area contributed by atoms with Crippen molar-refractivity contribution in [3.8, 4) is 0 Å². The SMILES string of the molecule is Cc1ccc(C(=O)NC(C)c2ccc(F)cc2F)c(=O)[nH]1. The predicted octanol–water partition coefficient (Wildman–Crippen LogP) is 2.45. The highest BCUT2D eigenvalue weighted by atomic mass is 19.1. The first-order valence-corrected chi connectivity index (χ1v) is 6.34. The summed E-state index contributed by atoms with van der Waals surface area (Å²) in [5.74, 6) is -2.06. The van der Waals surface area contributed by atoms with Crippen LogP contribution in [0.1, 0.15) is 34.6 Å². The van der Waals surface area contributed by atoms with E-state index >= 15 is 0 Å². The minimum atomic E-state index is -0.749. The van der Waals surface area contributed by atoms with Crippen LogP contribution in [0.3, 0.4) is 0 Å². The van der Waals surface area contributed by atoms with Gasteiger partial charge in [0.05, 0.1) is 6.04 Å². The van der Waals surface area contributed by atoms with Crippen molar-refractivity contribution in [2.75, 3.05) is 0 Å². The molecule has 1 aromatic heterocycles. The van der Waals surface area contributed by atoms with E-state index in [-0.39, 0.29) is 11.1 Å². The molecule has 1 unspecified atom stereocenters. The van der Waals surface area contributed by atoms with E-state index in [9.17, 15) is 18.4 Å². The second kappa shape index (κ2) is 5.87. The molecule has 2 aromatic rings. The van der Waals surface area contributed by atoms with E-state index in [1.807, 2.05) is 0 Å². The van der Waals surface area contributed by atoms with Gasteiger partial charge < -0.3 is 10.3 Å². The van der Waals surface area contributed by atoms with Crippen LogP contribution in [0.15, 0.2) is 35.1 Å². The van der Waals surface area contributed by atoms with Crippen molar-refractivity contribution in [1.29, 1.82) is 0 Å². The number of carbonyl (C=O) groups excluding carboxylic acids is 1. The largest absolute Gasteiger partial charge is 0.345 e. The number of benzene rings is 1. The first-order valence-electron chi connectivity index (χ1n) is 6.34. The third-order valence-corrected chi connectivity index (χ3v) is 3.08. The third kappa shape index (κ3) is 3.34. The lowest BCUT2D eigenvalue weighted by molar-refractivity contribution is 0.0938. The number of hydrogen-bond donors (Lipinski definition) is 2. The van der Waals surface area contributed by atoms with Gasteiger partial charge in [0, 0.05) is 17.3 Å². The van der Waals surface area contributed by atoms with Crippen LogP contribution in [-0.4, -0.2) is 10.9 Å². The van der Waals surface area contributed by atoms with E-state index in [1.54, 1.807) is 19.9 Å². The Balaban J connectivity index is 2.20. The molecule has 0 fully saturated rings. The number of hydrogen-bond acceptors (Lipinski definition) is 2. The molecule has 6 heteroatoms. The van der Waals surface area contributed by atoms with Crippen LogP contribution in [0.25, 0.3) is 0 Å². The molecule has 0 aliphatic rings. The topological polar surface area (TPSA) is 62.0 Å². The van der Waals surface area contributed by atoms with Crippen LogP contribution in [0, 0.1) is 18.6 Å². The van der Waals surface area contributed by atoms with Crippen LogP contribution in [-0.2, 0) is 0 Å². The lowest BCUT2D eigenvalue weighted by Gasteiger charge is -2.15. The lowest BCUT2D eigenvalue weighted by Crippen LogP contribution is -2.32. The lowest BCUT2D eigenvalue weighted by atomic mass is 10.1. The molecule has 0 spiro atoms. The number of nitrogens with one attached hydrogen (secondary N) is 2. The molecule has 1 heterocycles. The molecule has 1 amide bonds. The van der Waals surface area contributed by atoms with Crippen LogP contribution >= 0.6 is 0 Å². The maximum Gasteiger partial charge on any atom is 0.260 e. The highest BCUT2D eigenvalue weighted by Gasteiger charge is 2.17. The van der Waals surface area contributed by atoms with Crippen LogP contribution in [0.4, 0.5) is 8.78 Å². The number of H-pyrrole nitrogens is 1. The zero-order valence-corrected chi connectivity index (χ0v) is 11.5. The molecule has 0 aliphatic heterocycles. The van der Waals surface area contributed by atoms with Gasteiger partial charge in [0.1, 0.15) is 17.2 Å². The molecule has 0 radical (unpaired) electrons. The molecule has 2 rings (SSSR count). The van der Waals surface area contributed by atoms with Gasteiger partial charge in [0.2, 0.25) is 0 Å². The Morgan fingerprint density at radius 1 is 1.24 bits per heavy atom. The summed E-state index contributed by atoms with van der Waals surface area (Å²) in [4.78, 5) is 26.2. The minimum absolute atomic E-state index is 0.0602. The zero-order chi connectivity index (χ0) is 15.6. The van der Waals surface area contributed by atoms with Crippen molar-refractivity contribution in [2.24, 2.45) is 0 Å². The van der Waals surface area contributed by atoms with E-state index in [0.717, 1.165) is 12.1 Å². The van der Waals surface area contributed by atoms with E-state index in [4.69, 9.17) is 0 Å². The highest BCUT2D eigenvalue weighted by Crippen LogP contribution is 2.17. The molecule has 0 bridgehead atoms. The van der Waals surface area contributed by atoms with Gasteiger partial charge in [-0.15, -0.1) is 0 Å². The second-order valence-electron chi connectivity index (χ2n) is 4.75. The Hall–Kier alpha value is -2.50. The maximum atomic E-state index is 13.6. The maximum absolute atomic E-state index is 13.6. The number of amides is 1. The van der Waals surface area contributed by atoms with Crippen molar-refractivity contribution in [2.45, 2.75) is 19.9 Å². The zero-order valence-electron chi connectivity index (χ0n) is 11.5. The summed E-state index contributed by atoms with van der Waals surface area (Å²) in [5, 5.41) is 2.51. The Bertz CT molecular complexity index is 741. The fraction of sp³-hybridized carbons (Fsp3) is 0.200. The summed E-state index contributed by atoms with van der Waals surface area (Å²) in [7, 11) is 0. The van der Waals surface area contributed by atoms with Crippen molar-refractivity contribution >= 4 is 5.91 Å². The van der Waals surface area contributed by atoms with Crippen LogP contribution in [0.2, 0.25) is 0 Å². The van der Waals surface area contributed by atoms with Crippen molar-refractivity contribution in [3.05, 3.63) is 69.1 Å². The molecule has 1 aromatic carbocycles. The Morgan fingerprint density at radius 2 is 1.95 bits per heavy atom. The standard InChI is InChI=1S/C15H14F2N2O2/c1-8-3-5-12(14(20)18-8)15(21)19-9(2)11-6-4-10(16)7-13(11)17/h3-7,9H,1-2H3,(H,18,20)(H,19,21). The third-order valence-electron chi connectivity index (χ3n) is 3.08. The minimum Gasteiger partial charge on any atom is -0.345 e. The van der Waals surface area contributed by atoms with E-state index in [2.05, 4.69) is 10.3 Å². The van der Waals surface area contributed by atoms with Crippen LogP contribution < -0.4 is 10.9 Å². The van der Waals surface area contributed by atoms with Crippen molar-refractivity contribution in [3.63, 3.8) is 0 Å². The summed E-state index contributed by atoms with van der Waals surface area (Å²) >= 11 is 0. The van der Waals surface area contributed by atoms with Gasteiger partial charge in [-0.2, -0.15) is 0 Å². The summed E-state index contributed by atoms with van der Waals surface area (Å²) < 4.78 is 26.5. The molecular weight excluding hydrogens is 278 g/mol. The Morgan fingerprint density at radius 3 is 2.57 bits per heavy atom. The summed E-state index contributed by atoms with van der Waals surface area (Å²) in [6.07, 6.45) is 0. The van der Waals surface area contributed by atoms with Gasteiger partial charge >= 0.3 is 0 Å². The monoisotopic (exact) mass is 292 g/mol. The Labute approximate surface area is 119 Å². The normalized spacial score (nSPS) is 12.0. The molecule has 0 saturated heterocycles.